The Hall–Kier alpha value is -3.51. The number of aryl methyl sites for hydroxylation is 1. The molecule has 8 heteroatoms. The van der Waals surface area contributed by atoms with E-state index < -0.39 is 24.0 Å². The smallest absolute Gasteiger partial charge is 0.255 e. The lowest BCUT2D eigenvalue weighted by atomic mass is 10.0. The lowest BCUT2D eigenvalue weighted by Gasteiger charge is -2.28. The molecule has 186 valence electrons. The molecule has 2 heterocycles. The number of likely N-dealkylation sites (tertiary alicyclic amines) is 1. The van der Waals surface area contributed by atoms with Crippen molar-refractivity contribution < 1.29 is 19.8 Å². The molecule has 0 bridgehead atoms. The quantitative estimate of drug-likeness (QED) is 0.437. The van der Waals surface area contributed by atoms with Crippen LogP contribution in [0.5, 0.6) is 0 Å². The number of aliphatic hydroxyl groups excluding tert-OH is 2. The van der Waals surface area contributed by atoms with Gasteiger partial charge >= 0.3 is 0 Å². The van der Waals surface area contributed by atoms with Crippen LogP contribution in [0, 0.1) is 18.3 Å². The van der Waals surface area contributed by atoms with E-state index >= 15 is 0 Å². The van der Waals surface area contributed by atoms with Crippen LogP contribution >= 0.6 is 11.3 Å². The number of nitriles is 1. The van der Waals surface area contributed by atoms with E-state index in [0.29, 0.717) is 18.5 Å². The van der Waals surface area contributed by atoms with Crippen molar-refractivity contribution in [3.05, 3.63) is 92.7 Å². The zero-order chi connectivity index (χ0) is 25.7. The Balaban J connectivity index is 1.33. The van der Waals surface area contributed by atoms with E-state index in [0.717, 1.165) is 40.0 Å². The van der Waals surface area contributed by atoms with Crippen LogP contribution in [0.3, 0.4) is 0 Å². The molecule has 0 spiro atoms. The molecule has 1 aromatic heterocycles. The van der Waals surface area contributed by atoms with E-state index in [1.165, 1.54) is 11.3 Å². The first-order valence-electron chi connectivity index (χ1n) is 11.9. The predicted molar refractivity (Wildman–Crippen MR) is 137 cm³/mol. The number of hydrogen-bond donors (Lipinski definition) is 3. The minimum Gasteiger partial charge on any atom is -0.380 e. The van der Waals surface area contributed by atoms with Gasteiger partial charge in [-0.05, 0) is 60.4 Å². The van der Waals surface area contributed by atoms with Crippen molar-refractivity contribution >= 4 is 23.2 Å². The average Bonchev–Trinajstić information content (AvgIpc) is 3.56. The highest BCUT2D eigenvalue weighted by Gasteiger charge is 2.38. The summed E-state index contributed by atoms with van der Waals surface area (Å²) in [6, 6.07) is 19.2. The van der Waals surface area contributed by atoms with Crippen molar-refractivity contribution in [3.63, 3.8) is 0 Å². The molecule has 2 aromatic carbocycles. The van der Waals surface area contributed by atoms with E-state index in [9.17, 15) is 25.1 Å². The lowest BCUT2D eigenvalue weighted by molar-refractivity contribution is -0.153. The van der Waals surface area contributed by atoms with Crippen LogP contribution in [0.4, 0.5) is 0 Å². The predicted octanol–water partition coefficient (Wildman–Crippen LogP) is 3.22. The van der Waals surface area contributed by atoms with Gasteiger partial charge in [-0.15, -0.1) is 11.3 Å². The highest BCUT2D eigenvalue weighted by Crippen LogP contribution is 2.33. The number of hydrogen-bond acceptors (Lipinski definition) is 6. The summed E-state index contributed by atoms with van der Waals surface area (Å²) in [6.45, 7) is 2.61. The molecule has 0 radical (unpaired) electrons. The zero-order valence-corrected chi connectivity index (χ0v) is 20.9. The molecule has 0 unspecified atom stereocenters. The van der Waals surface area contributed by atoms with Gasteiger partial charge in [0.25, 0.3) is 11.8 Å². The van der Waals surface area contributed by atoms with Gasteiger partial charge in [0.1, 0.15) is 0 Å². The molecule has 1 saturated heterocycles. The number of rotatable bonds is 8. The second-order valence-electron chi connectivity index (χ2n) is 9.08. The molecule has 2 amide bonds. The van der Waals surface area contributed by atoms with Gasteiger partial charge in [0.2, 0.25) is 0 Å². The Morgan fingerprint density at radius 3 is 2.75 bits per heavy atom. The van der Waals surface area contributed by atoms with Crippen LogP contribution in [0.1, 0.15) is 51.6 Å². The minimum atomic E-state index is -1.86. The third-order valence-electron chi connectivity index (χ3n) is 6.46. The third-order valence-corrected chi connectivity index (χ3v) is 7.45. The number of aliphatic hydroxyl groups is 2. The van der Waals surface area contributed by atoms with Gasteiger partial charge in [-0.2, -0.15) is 5.26 Å². The first kappa shape index (κ1) is 25.6. The van der Waals surface area contributed by atoms with Gasteiger partial charge in [0.05, 0.1) is 24.2 Å². The van der Waals surface area contributed by atoms with Crippen LogP contribution in [-0.4, -0.2) is 45.7 Å². The number of benzene rings is 2. The second-order valence-corrected chi connectivity index (χ2v) is 10.1. The van der Waals surface area contributed by atoms with Gasteiger partial charge in [-0.25, -0.2) is 0 Å². The van der Waals surface area contributed by atoms with Crippen molar-refractivity contribution in [2.24, 2.45) is 0 Å². The number of nitrogens with zero attached hydrogens (tertiary/aromatic N) is 2. The molecule has 1 aliphatic rings. The molecule has 7 nitrogen and oxygen atoms in total. The Morgan fingerprint density at radius 2 is 1.97 bits per heavy atom. The number of carbonyl (C=O) groups is 2. The van der Waals surface area contributed by atoms with E-state index in [1.807, 2.05) is 60.8 Å². The second kappa shape index (κ2) is 11.5. The van der Waals surface area contributed by atoms with Crippen molar-refractivity contribution in [2.45, 2.75) is 51.0 Å². The van der Waals surface area contributed by atoms with E-state index in [1.54, 1.807) is 11.0 Å². The monoisotopic (exact) mass is 503 g/mol. The Morgan fingerprint density at radius 1 is 1.17 bits per heavy atom. The summed E-state index contributed by atoms with van der Waals surface area (Å²) in [5, 5.41) is 34.8. The normalized spacial score (nSPS) is 16.8. The maximum absolute atomic E-state index is 13.0. The molecular formula is C28H29N3O4S. The molecule has 4 rings (SSSR count). The van der Waals surface area contributed by atoms with Crippen molar-refractivity contribution in [1.82, 2.24) is 10.2 Å². The summed E-state index contributed by atoms with van der Waals surface area (Å²) in [6.07, 6.45) is -1.54. The first-order chi connectivity index (χ1) is 17.4. The molecule has 3 N–H and O–H groups in total. The number of thiophene rings is 1. The maximum atomic E-state index is 13.0. The molecule has 1 aliphatic heterocycles. The summed E-state index contributed by atoms with van der Waals surface area (Å²) < 4.78 is 0. The topological polar surface area (TPSA) is 114 Å². The number of nitrogens with one attached hydrogen (secondary N) is 1. The highest BCUT2D eigenvalue weighted by atomic mass is 32.1. The molecular weight excluding hydrogens is 474 g/mol. The summed E-state index contributed by atoms with van der Waals surface area (Å²) in [5.41, 5.74) is 4.63. The molecule has 3 atom stereocenters. The number of carbonyl (C=O) groups excluding carboxylic acids is 2. The summed E-state index contributed by atoms with van der Waals surface area (Å²) in [4.78, 5) is 27.9. The largest absolute Gasteiger partial charge is 0.380 e. The number of amides is 2. The van der Waals surface area contributed by atoms with Gasteiger partial charge in [-0.3, -0.25) is 9.59 Å². The van der Waals surface area contributed by atoms with Crippen LogP contribution in [0.15, 0.2) is 60.0 Å². The average molecular weight is 504 g/mol. The van der Waals surface area contributed by atoms with Crippen LogP contribution in [-0.2, 0) is 22.6 Å². The Labute approximate surface area is 214 Å². The summed E-state index contributed by atoms with van der Waals surface area (Å²) in [5.74, 6) is -1.44. The maximum Gasteiger partial charge on any atom is 0.255 e. The highest BCUT2D eigenvalue weighted by molar-refractivity contribution is 7.10. The summed E-state index contributed by atoms with van der Waals surface area (Å²) >= 11 is 1.45. The van der Waals surface area contributed by atoms with Crippen LogP contribution in [0.25, 0.3) is 0 Å². The molecule has 36 heavy (non-hydrogen) atoms. The third kappa shape index (κ3) is 5.82. The van der Waals surface area contributed by atoms with Crippen LogP contribution < -0.4 is 5.32 Å². The molecule has 1 fully saturated rings. The van der Waals surface area contributed by atoms with Gasteiger partial charge < -0.3 is 20.4 Å². The Bertz CT molecular complexity index is 1280. The fourth-order valence-corrected chi connectivity index (χ4v) is 5.43. The molecule has 0 aliphatic carbocycles. The van der Waals surface area contributed by atoms with E-state index in [-0.39, 0.29) is 12.6 Å². The van der Waals surface area contributed by atoms with Gasteiger partial charge in [0, 0.05) is 11.4 Å². The Kier molecular flexibility index (Phi) is 8.16. The molecule has 0 saturated carbocycles. The fraction of sp³-hybridized carbons (Fsp3) is 0.321. The van der Waals surface area contributed by atoms with Gasteiger partial charge in [0.15, 0.2) is 12.2 Å². The van der Waals surface area contributed by atoms with Crippen molar-refractivity contribution in [3.8, 4) is 6.07 Å². The first-order valence-corrected chi connectivity index (χ1v) is 12.8. The van der Waals surface area contributed by atoms with Crippen LogP contribution in [0.2, 0.25) is 0 Å². The minimum absolute atomic E-state index is 0.164. The zero-order valence-electron chi connectivity index (χ0n) is 20.1. The SMILES string of the molecule is Cc1cccc([C@H]2CCCN2C(=O)[C@H](O)[C@@H](O)C(=O)NCc2cc(Cc3ccccc3C#N)cs2)c1. The standard InChI is InChI=1S/C28H29N3O4S/c1-18-6-4-9-21(12-18)24-10-5-11-31(24)28(35)26(33)25(32)27(34)30-16-23-14-19(17-36-23)13-20-7-2-3-8-22(20)15-29/h2-4,6-9,12,14,17,24-26,32-33H,5,10-11,13,16H2,1H3,(H,30,34)/t24-,25-,26-/m1/s1. The summed E-state index contributed by atoms with van der Waals surface area (Å²) in [7, 11) is 0. The van der Waals surface area contributed by atoms with Crippen molar-refractivity contribution in [2.75, 3.05) is 6.54 Å². The fourth-order valence-electron chi connectivity index (χ4n) is 4.60. The molecule has 3 aromatic rings. The van der Waals surface area contributed by atoms with E-state index in [4.69, 9.17) is 0 Å². The van der Waals surface area contributed by atoms with Gasteiger partial charge in [-0.1, -0.05) is 48.0 Å². The van der Waals surface area contributed by atoms with Crippen molar-refractivity contribution in [1.29, 1.82) is 5.26 Å². The lowest BCUT2D eigenvalue weighted by Crippen LogP contribution is -2.50. The van der Waals surface area contributed by atoms with E-state index in [2.05, 4.69) is 11.4 Å².